The summed E-state index contributed by atoms with van der Waals surface area (Å²) in [6, 6.07) is 5.88. The van der Waals surface area contributed by atoms with Gasteiger partial charge in [0.25, 0.3) is 0 Å². The van der Waals surface area contributed by atoms with E-state index >= 15 is 0 Å². The number of halogens is 3. The van der Waals surface area contributed by atoms with Gasteiger partial charge in [-0.15, -0.1) is 0 Å². The average molecular weight is 325 g/mol. The molecular weight excluding hydrogens is 313 g/mol. The van der Waals surface area contributed by atoms with E-state index in [4.69, 9.17) is 27.9 Å². The monoisotopic (exact) mass is 323 g/mol. The summed E-state index contributed by atoms with van der Waals surface area (Å²) >= 11 is 14.7. The van der Waals surface area contributed by atoms with Gasteiger partial charge < -0.3 is 10.1 Å². The minimum atomic E-state index is 0.268. The minimum absolute atomic E-state index is 0.268. The Hall–Kier alpha value is -0.220. The van der Waals surface area contributed by atoms with E-state index < -0.39 is 0 Å². The molecule has 1 aromatic rings. The molecule has 0 atom stereocenters. The van der Waals surface area contributed by atoms with Gasteiger partial charge in [0.15, 0.2) is 0 Å². The summed E-state index contributed by atoms with van der Waals surface area (Å²) in [7, 11) is 1.89. The third-order valence-electron chi connectivity index (χ3n) is 1.89. The largest absolute Gasteiger partial charge is 0.486 e. The first-order valence-electron chi connectivity index (χ1n) is 4.68. The van der Waals surface area contributed by atoms with Crippen LogP contribution in [-0.2, 0) is 6.54 Å². The summed E-state index contributed by atoms with van der Waals surface area (Å²) in [5.41, 5.74) is 2.37. The van der Waals surface area contributed by atoms with Gasteiger partial charge in [0.1, 0.15) is 12.4 Å². The topological polar surface area (TPSA) is 21.3 Å². The van der Waals surface area contributed by atoms with Gasteiger partial charge in [-0.2, -0.15) is 0 Å². The lowest BCUT2D eigenvalue weighted by Crippen LogP contribution is -2.08. The first kappa shape index (κ1) is 13.8. The second kappa shape index (κ2) is 7.17. The van der Waals surface area contributed by atoms with Gasteiger partial charge in [-0.25, -0.2) is 0 Å². The summed E-state index contributed by atoms with van der Waals surface area (Å²) < 4.78 is 6.50. The van der Waals surface area contributed by atoms with Gasteiger partial charge >= 0.3 is 0 Å². The molecule has 0 spiro atoms. The zero-order chi connectivity index (χ0) is 12.0. The van der Waals surface area contributed by atoms with Crippen LogP contribution < -0.4 is 10.1 Å². The summed E-state index contributed by atoms with van der Waals surface area (Å²) in [5, 5.41) is 3.54. The molecule has 0 fully saturated rings. The molecule has 0 aliphatic heterocycles. The smallest absolute Gasteiger partial charge is 0.138 e. The van der Waals surface area contributed by atoms with Crippen LogP contribution in [0.1, 0.15) is 5.56 Å². The number of nitrogens with one attached hydrogen (secondary N) is 1. The molecule has 5 heteroatoms. The lowest BCUT2D eigenvalue weighted by Gasteiger charge is -2.12. The van der Waals surface area contributed by atoms with E-state index in [1.165, 1.54) is 5.54 Å². The highest BCUT2D eigenvalue weighted by Gasteiger charge is 2.07. The van der Waals surface area contributed by atoms with Crippen LogP contribution in [0.4, 0.5) is 0 Å². The van der Waals surface area contributed by atoms with Crippen molar-refractivity contribution in [1.82, 2.24) is 5.32 Å². The number of para-hydroxylation sites is 1. The van der Waals surface area contributed by atoms with Gasteiger partial charge in [0.05, 0.1) is 9.51 Å². The zero-order valence-corrected chi connectivity index (χ0v) is 11.9. The van der Waals surface area contributed by atoms with Crippen LogP contribution in [-0.4, -0.2) is 13.7 Å². The van der Waals surface area contributed by atoms with Crippen molar-refractivity contribution in [2.24, 2.45) is 0 Å². The van der Waals surface area contributed by atoms with Gasteiger partial charge in [-0.05, 0) is 29.0 Å². The van der Waals surface area contributed by atoms with E-state index in [-0.39, 0.29) is 6.61 Å². The van der Waals surface area contributed by atoms with Crippen LogP contribution in [0.2, 0.25) is 0 Å². The van der Waals surface area contributed by atoms with E-state index in [1.54, 1.807) is 0 Å². The predicted octanol–water partition coefficient (Wildman–Crippen LogP) is 3.87. The highest BCUT2D eigenvalue weighted by atomic mass is 79.9. The first-order valence-corrected chi connectivity index (χ1v) is 6.29. The Labute approximate surface area is 114 Å². The normalized spacial score (nSPS) is 11.6. The van der Waals surface area contributed by atoms with Crippen molar-refractivity contribution in [2.45, 2.75) is 6.54 Å². The molecule has 0 heterocycles. The molecule has 2 nitrogen and oxygen atoms in total. The third-order valence-corrected chi connectivity index (χ3v) is 3.11. The SMILES string of the molecule is CNCc1cccc(Br)c1OCC(Cl)=CCl. The van der Waals surface area contributed by atoms with Crippen molar-refractivity contribution in [2.75, 3.05) is 13.7 Å². The maximum absolute atomic E-state index is 5.77. The van der Waals surface area contributed by atoms with Crippen LogP contribution in [0.3, 0.4) is 0 Å². The fourth-order valence-electron chi connectivity index (χ4n) is 1.22. The summed E-state index contributed by atoms with van der Waals surface area (Å²) in [4.78, 5) is 0. The molecular formula is C11H12BrCl2NO. The molecule has 16 heavy (non-hydrogen) atoms. The van der Waals surface area contributed by atoms with E-state index in [0.717, 1.165) is 22.3 Å². The number of rotatable bonds is 5. The first-order chi connectivity index (χ1) is 7.69. The zero-order valence-electron chi connectivity index (χ0n) is 8.77. The lowest BCUT2D eigenvalue weighted by atomic mass is 10.2. The molecule has 0 radical (unpaired) electrons. The van der Waals surface area contributed by atoms with Crippen molar-refractivity contribution in [3.63, 3.8) is 0 Å². The van der Waals surface area contributed by atoms with E-state index in [0.29, 0.717) is 5.03 Å². The summed E-state index contributed by atoms with van der Waals surface area (Å²) in [5.74, 6) is 0.786. The molecule has 0 saturated carbocycles. The Morgan fingerprint density at radius 2 is 2.31 bits per heavy atom. The second-order valence-corrected chi connectivity index (χ2v) is 4.66. The van der Waals surface area contributed by atoms with Crippen molar-refractivity contribution in [1.29, 1.82) is 0 Å². The van der Waals surface area contributed by atoms with E-state index in [1.807, 2.05) is 25.2 Å². The molecule has 0 aliphatic carbocycles. The van der Waals surface area contributed by atoms with Gasteiger partial charge in [-0.1, -0.05) is 35.3 Å². The Kier molecular flexibility index (Phi) is 6.21. The molecule has 88 valence electrons. The predicted molar refractivity (Wildman–Crippen MR) is 72.2 cm³/mol. The summed E-state index contributed by atoms with van der Waals surface area (Å²) in [6.07, 6.45) is 0. The van der Waals surface area contributed by atoms with Crippen molar-refractivity contribution >= 4 is 39.1 Å². The van der Waals surface area contributed by atoms with Gasteiger partial charge in [0.2, 0.25) is 0 Å². The fraction of sp³-hybridized carbons (Fsp3) is 0.273. The van der Waals surface area contributed by atoms with Crippen LogP contribution in [0, 0.1) is 0 Å². The number of hydrogen-bond acceptors (Lipinski definition) is 2. The van der Waals surface area contributed by atoms with Crippen molar-refractivity contribution in [3.05, 3.63) is 38.8 Å². The van der Waals surface area contributed by atoms with Gasteiger partial charge in [-0.3, -0.25) is 0 Å². The third kappa shape index (κ3) is 3.98. The standard InChI is InChI=1S/C11H12BrCl2NO/c1-15-6-8-3-2-4-10(12)11(8)16-7-9(14)5-13/h2-5,15H,6-7H2,1H3. The highest BCUT2D eigenvalue weighted by molar-refractivity contribution is 9.10. The Bertz CT molecular complexity index is 382. The number of benzene rings is 1. The van der Waals surface area contributed by atoms with Crippen LogP contribution in [0.5, 0.6) is 5.75 Å². The van der Waals surface area contributed by atoms with Crippen LogP contribution in [0.25, 0.3) is 0 Å². The maximum Gasteiger partial charge on any atom is 0.138 e. The van der Waals surface area contributed by atoms with Gasteiger partial charge in [0, 0.05) is 17.6 Å². The molecule has 0 unspecified atom stereocenters. The molecule has 0 aromatic heterocycles. The quantitative estimate of drug-likeness (QED) is 0.887. The maximum atomic E-state index is 5.77. The molecule has 0 aliphatic rings. The highest BCUT2D eigenvalue weighted by Crippen LogP contribution is 2.29. The second-order valence-electron chi connectivity index (χ2n) is 3.10. The van der Waals surface area contributed by atoms with Crippen LogP contribution >= 0.6 is 39.1 Å². The molecule has 0 bridgehead atoms. The number of hydrogen-bond donors (Lipinski definition) is 1. The Morgan fingerprint density at radius 3 is 2.94 bits per heavy atom. The van der Waals surface area contributed by atoms with Crippen LogP contribution in [0.15, 0.2) is 33.2 Å². The summed E-state index contributed by atoms with van der Waals surface area (Å²) in [6.45, 7) is 1.00. The average Bonchev–Trinajstić information content (AvgIpc) is 2.28. The Balaban J connectivity index is 2.83. The molecule has 0 amide bonds. The molecule has 1 aromatic carbocycles. The molecule has 0 saturated heterocycles. The Morgan fingerprint density at radius 1 is 1.56 bits per heavy atom. The minimum Gasteiger partial charge on any atom is -0.486 e. The van der Waals surface area contributed by atoms with Crippen molar-refractivity contribution in [3.8, 4) is 5.75 Å². The molecule has 1 rings (SSSR count). The van der Waals surface area contributed by atoms with E-state index in [2.05, 4.69) is 21.2 Å². The van der Waals surface area contributed by atoms with E-state index in [9.17, 15) is 0 Å². The van der Waals surface area contributed by atoms with Crippen molar-refractivity contribution < 1.29 is 4.74 Å². The fourth-order valence-corrected chi connectivity index (χ4v) is 1.86. The number of ether oxygens (including phenoxy) is 1. The molecule has 1 N–H and O–H groups in total. The lowest BCUT2D eigenvalue weighted by molar-refractivity contribution is 0.352.